The van der Waals surface area contributed by atoms with Gasteiger partial charge < -0.3 is 9.88 Å². The highest BCUT2D eigenvalue weighted by Gasteiger charge is 2.17. The smallest absolute Gasteiger partial charge is 0.234 e. The van der Waals surface area contributed by atoms with Crippen LogP contribution in [0.25, 0.3) is 11.4 Å². The van der Waals surface area contributed by atoms with Crippen molar-refractivity contribution in [2.75, 3.05) is 11.1 Å². The van der Waals surface area contributed by atoms with E-state index in [4.69, 9.17) is 23.2 Å². The zero-order chi connectivity index (χ0) is 20.3. The van der Waals surface area contributed by atoms with Gasteiger partial charge in [0.15, 0.2) is 11.0 Å². The van der Waals surface area contributed by atoms with E-state index in [0.717, 1.165) is 16.7 Å². The summed E-state index contributed by atoms with van der Waals surface area (Å²) in [4.78, 5) is 12.4. The summed E-state index contributed by atoms with van der Waals surface area (Å²) < 4.78 is 1.95. The number of aryl methyl sites for hydroxylation is 2. The number of carbonyl (C=O) groups excluding carboxylic acids is 1. The fourth-order valence-corrected chi connectivity index (χ4v) is 4.29. The van der Waals surface area contributed by atoms with Gasteiger partial charge in [0.1, 0.15) is 0 Å². The third kappa shape index (κ3) is 4.51. The lowest BCUT2D eigenvalue weighted by molar-refractivity contribution is -0.113. The van der Waals surface area contributed by atoms with Gasteiger partial charge in [0.05, 0.1) is 21.5 Å². The Balaban J connectivity index is 1.73. The van der Waals surface area contributed by atoms with Gasteiger partial charge in [-0.25, -0.2) is 0 Å². The molecule has 0 spiro atoms. The van der Waals surface area contributed by atoms with Crippen LogP contribution in [0.5, 0.6) is 0 Å². The van der Waals surface area contributed by atoms with Crippen molar-refractivity contribution in [1.29, 1.82) is 0 Å². The minimum Gasteiger partial charge on any atom is -0.324 e. The molecule has 3 rings (SSSR count). The van der Waals surface area contributed by atoms with Crippen LogP contribution in [0.1, 0.15) is 18.1 Å². The number of halogens is 2. The lowest BCUT2D eigenvalue weighted by atomic mass is 10.1. The van der Waals surface area contributed by atoms with E-state index in [2.05, 4.69) is 15.5 Å². The minimum atomic E-state index is -0.149. The second-order valence-corrected chi connectivity index (χ2v) is 8.06. The highest BCUT2D eigenvalue weighted by atomic mass is 35.5. The maximum atomic E-state index is 12.4. The fraction of sp³-hybridized carbons (Fsp3) is 0.250. The van der Waals surface area contributed by atoms with Crippen LogP contribution in [0.15, 0.2) is 41.6 Å². The van der Waals surface area contributed by atoms with Crippen LogP contribution in [0.2, 0.25) is 10.0 Å². The largest absolute Gasteiger partial charge is 0.324 e. The normalized spacial score (nSPS) is 10.9. The number of carbonyl (C=O) groups is 1. The predicted molar refractivity (Wildman–Crippen MR) is 116 cm³/mol. The molecule has 3 aromatic rings. The summed E-state index contributed by atoms with van der Waals surface area (Å²) in [5, 5.41) is 13.2. The van der Waals surface area contributed by atoms with Crippen molar-refractivity contribution in [3.05, 3.63) is 57.6 Å². The first-order valence-corrected chi connectivity index (χ1v) is 10.5. The number of rotatable bonds is 6. The summed E-state index contributed by atoms with van der Waals surface area (Å²) in [6.07, 6.45) is 0. The Hall–Kier alpha value is -2.02. The number of anilines is 1. The van der Waals surface area contributed by atoms with Gasteiger partial charge in [0.25, 0.3) is 0 Å². The molecule has 0 unspecified atom stereocenters. The van der Waals surface area contributed by atoms with Crippen molar-refractivity contribution < 1.29 is 4.79 Å². The van der Waals surface area contributed by atoms with Gasteiger partial charge in [-0.1, -0.05) is 53.2 Å². The zero-order valence-electron chi connectivity index (χ0n) is 15.8. The van der Waals surface area contributed by atoms with Crippen LogP contribution < -0.4 is 5.32 Å². The first kappa shape index (κ1) is 20.7. The van der Waals surface area contributed by atoms with E-state index >= 15 is 0 Å². The van der Waals surface area contributed by atoms with Crippen molar-refractivity contribution >= 4 is 46.6 Å². The van der Waals surface area contributed by atoms with Gasteiger partial charge in [-0.2, -0.15) is 0 Å². The number of hydrogen-bond donors (Lipinski definition) is 1. The Morgan fingerprint density at radius 3 is 2.57 bits per heavy atom. The minimum absolute atomic E-state index is 0.149. The number of aromatic nitrogens is 3. The molecule has 8 heteroatoms. The molecular formula is C20H20Cl2N4OS. The van der Waals surface area contributed by atoms with Crippen LogP contribution in [-0.2, 0) is 11.3 Å². The standard InChI is InChI=1S/C20H20Cl2N4OS/c1-4-26-19(14-7-5-6-8-15(14)21)24-25-20(26)28-11-17(27)23-18-13(3)9-12(2)10-16(18)22/h5-10H,4,11H2,1-3H3,(H,23,27). The van der Waals surface area contributed by atoms with Crippen molar-refractivity contribution in [3.8, 4) is 11.4 Å². The second-order valence-electron chi connectivity index (χ2n) is 6.31. The zero-order valence-corrected chi connectivity index (χ0v) is 18.1. The second kappa shape index (κ2) is 8.99. The topological polar surface area (TPSA) is 59.8 Å². The lowest BCUT2D eigenvalue weighted by Gasteiger charge is -2.12. The van der Waals surface area contributed by atoms with Crippen LogP contribution >= 0.6 is 35.0 Å². The molecule has 2 aromatic carbocycles. The first-order chi connectivity index (χ1) is 13.4. The van der Waals surface area contributed by atoms with E-state index in [-0.39, 0.29) is 11.7 Å². The lowest BCUT2D eigenvalue weighted by Crippen LogP contribution is -2.16. The SMILES string of the molecule is CCn1c(SCC(=O)Nc2c(C)cc(C)cc2Cl)nnc1-c1ccccc1Cl. The maximum Gasteiger partial charge on any atom is 0.234 e. The summed E-state index contributed by atoms with van der Waals surface area (Å²) in [5.74, 6) is 0.738. The third-order valence-corrected chi connectivity index (χ3v) is 5.77. The van der Waals surface area contributed by atoms with Crippen LogP contribution in [-0.4, -0.2) is 26.4 Å². The van der Waals surface area contributed by atoms with Gasteiger partial charge in [-0.3, -0.25) is 4.79 Å². The number of nitrogens with one attached hydrogen (secondary N) is 1. The monoisotopic (exact) mass is 434 g/mol. The van der Waals surface area contributed by atoms with Crippen molar-refractivity contribution in [3.63, 3.8) is 0 Å². The molecular weight excluding hydrogens is 415 g/mol. The Morgan fingerprint density at radius 1 is 1.14 bits per heavy atom. The molecule has 1 heterocycles. The van der Waals surface area contributed by atoms with E-state index in [9.17, 15) is 4.79 Å². The van der Waals surface area contributed by atoms with Crippen molar-refractivity contribution in [1.82, 2.24) is 14.8 Å². The Kier molecular flexibility index (Phi) is 6.65. The van der Waals surface area contributed by atoms with Gasteiger partial charge in [0.2, 0.25) is 5.91 Å². The number of benzene rings is 2. The number of hydrogen-bond acceptors (Lipinski definition) is 4. The molecule has 0 bridgehead atoms. The Morgan fingerprint density at radius 2 is 1.89 bits per heavy atom. The van der Waals surface area contributed by atoms with Gasteiger partial charge in [-0.15, -0.1) is 10.2 Å². The molecule has 0 fully saturated rings. The van der Waals surface area contributed by atoms with Crippen molar-refractivity contribution in [2.24, 2.45) is 0 Å². The van der Waals surface area contributed by atoms with Gasteiger partial charge in [0, 0.05) is 12.1 Å². The average Bonchev–Trinajstić information content (AvgIpc) is 3.06. The molecule has 1 amide bonds. The molecule has 0 aliphatic heterocycles. The van der Waals surface area contributed by atoms with Gasteiger partial charge in [-0.05, 0) is 50.1 Å². The summed E-state index contributed by atoms with van der Waals surface area (Å²) in [6.45, 7) is 6.56. The molecule has 0 saturated carbocycles. The molecule has 1 N–H and O–H groups in total. The number of amides is 1. The quantitative estimate of drug-likeness (QED) is 0.511. The van der Waals surface area contributed by atoms with Gasteiger partial charge >= 0.3 is 0 Å². The summed E-state index contributed by atoms with van der Waals surface area (Å²) in [6, 6.07) is 11.3. The molecule has 28 heavy (non-hydrogen) atoms. The molecule has 0 aliphatic carbocycles. The highest BCUT2D eigenvalue weighted by molar-refractivity contribution is 7.99. The fourth-order valence-electron chi connectivity index (χ4n) is 2.90. The van der Waals surface area contributed by atoms with E-state index in [0.29, 0.717) is 33.3 Å². The molecule has 0 radical (unpaired) electrons. The first-order valence-electron chi connectivity index (χ1n) is 8.78. The number of thioether (sulfide) groups is 1. The third-order valence-electron chi connectivity index (χ3n) is 4.18. The molecule has 146 valence electrons. The highest BCUT2D eigenvalue weighted by Crippen LogP contribution is 2.30. The summed E-state index contributed by atoms with van der Waals surface area (Å²) in [7, 11) is 0. The predicted octanol–water partition coefficient (Wildman–Crippen LogP) is 5.62. The van der Waals surface area contributed by atoms with E-state index < -0.39 is 0 Å². The van der Waals surface area contributed by atoms with Crippen LogP contribution in [0.3, 0.4) is 0 Å². The molecule has 1 aromatic heterocycles. The van der Waals surface area contributed by atoms with E-state index in [1.54, 1.807) is 0 Å². The molecule has 5 nitrogen and oxygen atoms in total. The van der Waals surface area contributed by atoms with E-state index in [1.165, 1.54) is 11.8 Å². The van der Waals surface area contributed by atoms with Crippen molar-refractivity contribution in [2.45, 2.75) is 32.5 Å². The molecule has 0 saturated heterocycles. The molecule has 0 atom stereocenters. The Labute approximate surface area is 178 Å². The maximum absolute atomic E-state index is 12.4. The van der Waals surface area contributed by atoms with Crippen LogP contribution in [0, 0.1) is 13.8 Å². The Bertz CT molecular complexity index is 996. The average molecular weight is 435 g/mol. The van der Waals surface area contributed by atoms with Crippen LogP contribution in [0.4, 0.5) is 5.69 Å². The summed E-state index contributed by atoms with van der Waals surface area (Å²) in [5.41, 5.74) is 3.45. The van der Waals surface area contributed by atoms with E-state index in [1.807, 2.05) is 61.7 Å². The molecule has 0 aliphatic rings. The summed E-state index contributed by atoms with van der Waals surface area (Å²) >= 11 is 13.9. The number of nitrogens with zero attached hydrogens (tertiary/aromatic N) is 3.